The minimum Gasteiger partial charge on any atom is -0.444 e. The number of carbonyl (C=O) groups is 3. The van der Waals surface area contributed by atoms with Crippen molar-refractivity contribution in [1.82, 2.24) is 15.1 Å². The summed E-state index contributed by atoms with van der Waals surface area (Å²) in [7, 11) is 0. The molecule has 2 aromatic rings. The Balaban J connectivity index is 1.45. The van der Waals surface area contributed by atoms with Gasteiger partial charge in [0.2, 0.25) is 5.91 Å². The Morgan fingerprint density at radius 2 is 1.63 bits per heavy atom. The number of urea groups is 1. The lowest BCUT2D eigenvalue weighted by atomic mass is 10.1. The maximum Gasteiger partial charge on any atom is 0.410 e. The van der Waals surface area contributed by atoms with Gasteiger partial charge < -0.3 is 25.2 Å². The van der Waals surface area contributed by atoms with Gasteiger partial charge in [-0.3, -0.25) is 4.79 Å². The molecule has 9 heteroatoms. The van der Waals surface area contributed by atoms with Crippen LogP contribution in [0.3, 0.4) is 0 Å². The molecular formula is C26H33ClN4O4. The summed E-state index contributed by atoms with van der Waals surface area (Å²) in [5, 5.41) is 6.23. The summed E-state index contributed by atoms with van der Waals surface area (Å²) in [5.41, 5.74) is 1.88. The van der Waals surface area contributed by atoms with Crippen LogP contribution < -0.4 is 10.6 Å². The van der Waals surface area contributed by atoms with Crippen molar-refractivity contribution in [2.75, 3.05) is 25.0 Å². The van der Waals surface area contributed by atoms with Crippen LogP contribution in [0.1, 0.15) is 38.8 Å². The summed E-state index contributed by atoms with van der Waals surface area (Å²) >= 11 is 5.87. The Morgan fingerprint density at radius 3 is 2.23 bits per heavy atom. The Morgan fingerprint density at radius 1 is 1.00 bits per heavy atom. The fourth-order valence-electron chi connectivity index (χ4n) is 3.73. The number of rotatable bonds is 5. The first-order valence-electron chi connectivity index (χ1n) is 11.7. The van der Waals surface area contributed by atoms with E-state index in [-0.39, 0.29) is 30.5 Å². The number of ether oxygens (including phenoxy) is 1. The normalized spacial score (nSPS) is 16.0. The molecule has 3 rings (SSSR count). The summed E-state index contributed by atoms with van der Waals surface area (Å²) < 4.78 is 5.46. The number of hydrogen-bond acceptors (Lipinski definition) is 4. The highest BCUT2D eigenvalue weighted by Gasteiger charge is 2.32. The number of piperazine rings is 1. The van der Waals surface area contributed by atoms with Crippen molar-refractivity contribution in [2.45, 2.75) is 52.3 Å². The zero-order valence-corrected chi connectivity index (χ0v) is 21.4. The van der Waals surface area contributed by atoms with Crippen LogP contribution in [0.5, 0.6) is 0 Å². The molecule has 1 aliphatic heterocycles. The van der Waals surface area contributed by atoms with Crippen LogP contribution in [0.25, 0.3) is 0 Å². The number of amides is 4. The zero-order valence-electron chi connectivity index (χ0n) is 20.6. The van der Waals surface area contributed by atoms with Crippen molar-refractivity contribution in [2.24, 2.45) is 0 Å². The first-order chi connectivity index (χ1) is 16.5. The number of nitrogens with one attached hydrogen (secondary N) is 2. The predicted molar refractivity (Wildman–Crippen MR) is 136 cm³/mol. The van der Waals surface area contributed by atoms with Crippen molar-refractivity contribution in [1.29, 1.82) is 0 Å². The molecule has 2 N–H and O–H groups in total. The molecule has 0 radical (unpaired) electrons. The van der Waals surface area contributed by atoms with Crippen LogP contribution in [0.15, 0.2) is 48.5 Å². The highest BCUT2D eigenvalue weighted by Crippen LogP contribution is 2.17. The van der Waals surface area contributed by atoms with Crippen LogP contribution in [0.4, 0.5) is 15.3 Å². The molecule has 1 aliphatic rings. The monoisotopic (exact) mass is 500 g/mol. The third kappa shape index (κ3) is 8.17. The van der Waals surface area contributed by atoms with E-state index in [1.807, 2.05) is 52.0 Å². The first-order valence-corrected chi connectivity index (χ1v) is 12.0. The molecule has 0 unspecified atom stereocenters. The summed E-state index contributed by atoms with van der Waals surface area (Å²) in [4.78, 5) is 40.8. The molecule has 1 saturated heterocycles. The van der Waals surface area contributed by atoms with Gasteiger partial charge in [-0.15, -0.1) is 0 Å². The summed E-state index contributed by atoms with van der Waals surface area (Å²) in [6, 6.07) is 14.0. The highest BCUT2D eigenvalue weighted by molar-refractivity contribution is 6.30. The smallest absolute Gasteiger partial charge is 0.410 e. The molecule has 4 amide bonds. The van der Waals surface area contributed by atoms with Crippen molar-refractivity contribution in [3.05, 3.63) is 64.7 Å². The van der Waals surface area contributed by atoms with Crippen LogP contribution >= 0.6 is 11.6 Å². The summed E-state index contributed by atoms with van der Waals surface area (Å²) in [5.74, 6) is 0.00195. The van der Waals surface area contributed by atoms with E-state index in [0.717, 1.165) is 11.1 Å². The van der Waals surface area contributed by atoms with Gasteiger partial charge in [0.15, 0.2) is 0 Å². The maximum absolute atomic E-state index is 12.8. The molecule has 1 heterocycles. The molecule has 0 bridgehead atoms. The Labute approximate surface area is 211 Å². The van der Waals surface area contributed by atoms with Gasteiger partial charge in [-0.25, -0.2) is 9.59 Å². The van der Waals surface area contributed by atoms with Crippen molar-refractivity contribution in [3.8, 4) is 0 Å². The van der Waals surface area contributed by atoms with E-state index in [4.69, 9.17) is 16.3 Å². The minimum atomic E-state index is -0.553. The number of hydrogen-bond donors (Lipinski definition) is 2. The van der Waals surface area contributed by atoms with Crippen molar-refractivity contribution in [3.63, 3.8) is 0 Å². The lowest BCUT2D eigenvalue weighted by Crippen LogP contribution is -2.56. The van der Waals surface area contributed by atoms with E-state index in [2.05, 4.69) is 10.6 Å². The van der Waals surface area contributed by atoms with E-state index >= 15 is 0 Å². The highest BCUT2D eigenvalue weighted by atomic mass is 35.5. The molecule has 1 fully saturated rings. The van der Waals surface area contributed by atoms with E-state index in [0.29, 0.717) is 36.9 Å². The van der Waals surface area contributed by atoms with Crippen LogP contribution in [-0.2, 0) is 22.5 Å². The molecule has 0 spiro atoms. The maximum atomic E-state index is 12.8. The second-order valence-electron chi connectivity index (χ2n) is 9.67. The summed E-state index contributed by atoms with van der Waals surface area (Å²) in [6.07, 6.45) is -0.0975. The van der Waals surface area contributed by atoms with Gasteiger partial charge in [0.1, 0.15) is 5.60 Å². The van der Waals surface area contributed by atoms with Crippen LogP contribution in [0.2, 0.25) is 5.02 Å². The molecular weight excluding hydrogens is 468 g/mol. The Bertz CT molecular complexity index is 1030. The fraction of sp³-hybridized carbons (Fsp3) is 0.423. The van der Waals surface area contributed by atoms with Gasteiger partial charge in [-0.1, -0.05) is 35.9 Å². The van der Waals surface area contributed by atoms with Crippen LogP contribution in [0, 0.1) is 0 Å². The lowest BCUT2D eigenvalue weighted by Gasteiger charge is -2.40. The second-order valence-corrected chi connectivity index (χ2v) is 10.1. The average Bonchev–Trinajstić information content (AvgIpc) is 2.78. The van der Waals surface area contributed by atoms with Crippen molar-refractivity contribution < 1.29 is 19.1 Å². The molecule has 2 aromatic carbocycles. The molecule has 35 heavy (non-hydrogen) atoms. The predicted octanol–water partition coefficient (Wildman–Crippen LogP) is 4.67. The zero-order chi connectivity index (χ0) is 25.6. The quantitative estimate of drug-likeness (QED) is 0.624. The molecule has 8 nitrogen and oxygen atoms in total. The Hall–Kier alpha value is -3.26. The first kappa shape index (κ1) is 26.3. The molecule has 188 valence electrons. The third-order valence-electron chi connectivity index (χ3n) is 5.54. The second kappa shape index (κ2) is 11.4. The van der Waals surface area contributed by atoms with E-state index in [9.17, 15) is 14.4 Å². The SMILES string of the molecule is C[C@H]1CN(C(=O)Cc2ccc(NC(=O)NCc3ccc(Cl)cc3)cc2)CCN1C(=O)OC(C)(C)C. The fourth-order valence-corrected chi connectivity index (χ4v) is 3.85. The van der Waals surface area contributed by atoms with E-state index in [1.54, 1.807) is 34.1 Å². The van der Waals surface area contributed by atoms with Crippen LogP contribution in [-0.4, -0.2) is 59.1 Å². The third-order valence-corrected chi connectivity index (χ3v) is 5.79. The van der Waals surface area contributed by atoms with Gasteiger partial charge in [0.25, 0.3) is 0 Å². The van der Waals surface area contributed by atoms with Gasteiger partial charge in [-0.2, -0.15) is 0 Å². The van der Waals surface area contributed by atoms with Gasteiger partial charge in [0, 0.05) is 42.9 Å². The number of halogens is 1. The number of anilines is 1. The number of carbonyl (C=O) groups excluding carboxylic acids is 3. The number of benzene rings is 2. The van der Waals surface area contributed by atoms with Crippen molar-refractivity contribution >= 4 is 35.3 Å². The van der Waals surface area contributed by atoms with E-state index < -0.39 is 5.60 Å². The van der Waals surface area contributed by atoms with E-state index in [1.165, 1.54) is 0 Å². The van der Waals surface area contributed by atoms with Gasteiger partial charge >= 0.3 is 12.1 Å². The van der Waals surface area contributed by atoms with Gasteiger partial charge in [-0.05, 0) is 63.1 Å². The average molecular weight is 501 g/mol. The van der Waals surface area contributed by atoms with Gasteiger partial charge in [0.05, 0.1) is 6.42 Å². The Kier molecular flexibility index (Phi) is 8.62. The summed E-state index contributed by atoms with van der Waals surface area (Å²) in [6.45, 7) is 9.19. The minimum absolute atomic E-state index is 0.00195. The lowest BCUT2D eigenvalue weighted by molar-refractivity contribution is -0.133. The standard InChI is InChI=1S/C26H33ClN4O4/c1-18-17-30(13-14-31(18)25(34)35-26(2,3)4)23(32)15-19-7-11-22(12-8-19)29-24(33)28-16-20-5-9-21(27)10-6-20/h5-12,18H,13-17H2,1-4H3,(H2,28,29,33)/t18-/m0/s1. The molecule has 0 aliphatic carbocycles. The molecule has 1 atom stereocenters. The topological polar surface area (TPSA) is 91.0 Å². The molecule has 0 aromatic heterocycles. The largest absolute Gasteiger partial charge is 0.444 e. The number of nitrogens with zero attached hydrogens (tertiary/aromatic N) is 2. The molecule has 0 saturated carbocycles.